The summed E-state index contributed by atoms with van der Waals surface area (Å²) in [6.07, 6.45) is 1.35. The summed E-state index contributed by atoms with van der Waals surface area (Å²) in [5.41, 5.74) is -0.819. The van der Waals surface area contributed by atoms with Crippen LogP contribution in [-0.4, -0.2) is 51.7 Å². The number of nitrogens with one attached hydrogen (secondary N) is 4. The minimum atomic E-state index is -1.12. The topological polar surface area (TPSA) is 120 Å². The minimum absolute atomic E-state index is 0.0901. The molecule has 2 aliphatic rings. The van der Waals surface area contributed by atoms with E-state index in [0.29, 0.717) is 25.1 Å². The zero-order valence-corrected chi connectivity index (χ0v) is 18.2. The molecule has 2 aliphatic heterocycles. The van der Waals surface area contributed by atoms with Crippen molar-refractivity contribution in [3.05, 3.63) is 11.1 Å². The third-order valence-corrected chi connectivity index (χ3v) is 6.04. The Labute approximate surface area is 179 Å². The van der Waals surface area contributed by atoms with Gasteiger partial charge in [-0.25, -0.2) is 0 Å². The van der Waals surface area contributed by atoms with Crippen LogP contribution in [0.15, 0.2) is 11.1 Å². The summed E-state index contributed by atoms with van der Waals surface area (Å²) in [6, 6.07) is -1.50. The highest BCUT2D eigenvalue weighted by Crippen LogP contribution is 2.23. The number of carbonyl (C=O) groups excluding carboxylic acids is 3. The van der Waals surface area contributed by atoms with Gasteiger partial charge in [-0.1, -0.05) is 37.2 Å². The SMILES string of the molecule is CC(C)C[C@H](NC(=O)C1=CSC(Cl)N1)C(=O)N[C@@H](C[C@@H]1CCNC1=O)[C@@H](O)S. The summed E-state index contributed by atoms with van der Waals surface area (Å²) in [7, 11) is 0. The van der Waals surface area contributed by atoms with E-state index in [0.717, 1.165) is 0 Å². The van der Waals surface area contributed by atoms with Crippen LogP contribution in [0.2, 0.25) is 0 Å². The number of amides is 3. The maximum Gasteiger partial charge on any atom is 0.268 e. The number of halogens is 1. The van der Waals surface area contributed by atoms with Gasteiger partial charge in [0, 0.05) is 17.9 Å². The summed E-state index contributed by atoms with van der Waals surface area (Å²) in [4.78, 5) is 36.6. The molecule has 158 valence electrons. The summed E-state index contributed by atoms with van der Waals surface area (Å²) in [5.74, 6) is -1.07. The van der Waals surface area contributed by atoms with Crippen LogP contribution in [0.4, 0.5) is 0 Å². The first-order chi connectivity index (χ1) is 13.2. The molecule has 1 fully saturated rings. The van der Waals surface area contributed by atoms with Crippen LogP contribution in [-0.2, 0) is 14.4 Å². The number of alkyl halides is 1. The maximum absolute atomic E-state index is 12.8. The van der Waals surface area contributed by atoms with E-state index in [2.05, 4.69) is 33.9 Å². The van der Waals surface area contributed by atoms with E-state index < -0.39 is 34.2 Å². The van der Waals surface area contributed by atoms with Crippen LogP contribution in [0.5, 0.6) is 0 Å². The van der Waals surface area contributed by atoms with Crippen LogP contribution in [0.1, 0.15) is 33.1 Å². The van der Waals surface area contributed by atoms with Gasteiger partial charge in [0.2, 0.25) is 11.8 Å². The number of aliphatic hydroxyl groups is 1. The summed E-state index contributed by atoms with van der Waals surface area (Å²) in [6.45, 7) is 4.47. The first kappa shape index (κ1) is 23.2. The standard InChI is InChI=1S/C17H27ClN4O4S2/c1-8(2)5-10(20-15(25)12-7-28-17(18)22-12)14(24)21-11(16(26)27)6-9-3-4-19-13(9)23/h7-11,16-17,22,26-27H,3-6H2,1-2H3,(H,19,23)(H,20,25)(H,21,24)/t9-,10-,11-,16-,17?/m0/s1. The maximum atomic E-state index is 12.8. The Kier molecular flexibility index (Phi) is 8.79. The van der Waals surface area contributed by atoms with Crippen molar-refractivity contribution in [2.75, 3.05) is 6.54 Å². The number of thiol groups is 1. The van der Waals surface area contributed by atoms with Gasteiger partial charge in [-0.3, -0.25) is 14.4 Å². The summed E-state index contributed by atoms with van der Waals surface area (Å²) >= 11 is 11.2. The lowest BCUT2D eigenvalue weighted by molar-refractivity contribution is -0.129. The van der Waals surface area contributed by atoms with Gasteiger partial charge in [0.15, 0.2) is 4.83 Å². The van der Waals surface area contributed by atoms with Crippen LogP contribution in [0, 0.1) is 11.8 Å². The van der Waals surface area contributed by atoms with Gasteiger partial charge in [-0.2, -0.15) is 0 Å². The first-order valence-electron chi connectivity index (χ1n) is 9.18. The van der Waals surface area contributed by atoms with Crippen molar-refractivity contribution in [2.24, 2.45) is 11.8 Å². The van der Waals surface area contributed by atoms with Crippen molar-refractivity contribution in [3.63, 3.8) is 0 Å². The Morgan fingerprint density at radius 1 is 1.43 bits per heavy atom. The van der Waals surface area contributed by atoms with Gasteiger partial charge in [0.05, 0.1) is 6.04 Å². The predicted molar refractivity (Wildman–Crippen MR) is 112 cm³/mol. The van der Waals surface area contributed by atoms with E-state index in [1.165, 1.54) is 11.8 Å². The number of aliphatic hydroxyl groups excluding tert-OH is 1. The van der Waals surface area contributed by atoms with Gasteiger partial charge in [-0.05, 0) is 25.2 Å². The summed E-state index contributed by atoms with van der Waals surface area (Å²) < 4.78 is 0. The molecule has 0 aromatic heterocycles. The molecular formula is C17H27ClN4O4S2. The third-order valence-electron chi connectivity index (χ3n) is 4.54. The fourth-order valence-corrected chi connectivity index (χ4v) is 4.18. The molecule has 0 bridgehead atoms. The molecule has 2 heterocycles. The van der Waals surface area contributed by atoms with Gasteiger partial charge in [0.1, 0.15) is 17.2 Å². The number of thioether (sulfide) groups is 1. The van der Waals surface area contributed by atoms with Crippen LogP contribution in [0.3, 0.4) is 0 Å². The number of hydrogen-bond acceptors (Lipinski definition) is 7. The molecular weight excluding hydrogens is 424 g/mol. The number of carbonyl (C=O) groups is 3. The van der Waals surface area contributed by atoms with Crippen molar-refractivity contribution in [1.29, 1.82) is 0 Å². The highest BCUT2D eigenvalue weighted by Gasteiger charge is 2.32. The van der Waals surface area contributed by atoms with Crippen LogP contribution >= 0.6 is 36.0 Å². The smallest absolute Gasteiger partial charge is 0.268 e. The Morgan fingerprint density at radius 2 is 2.14 bits per heavy atom. The van der Waals surface area contributed by atoms with Crippen LogP contribution in [0.25, 0.3) is 0 Å². The molecule has 11 heteroatoms. The van der Waals surface area contributed by atoms with E-state index >= 15 is 0 Å². The van der Waals surface area contributed by atoms with E-state index in [4.69, 9.17) is 11.6 Å². The van der Waals surface area contributed by atoms with Gasteiger partial charge in [-0.15, -0.1) is 12.6 Å². The molecule has 0 aliphatic carbocycles. The second-order valence-corrected chi connectivity index (χ2v) is 9.53. The molecule has 3 amide bonds. The second-order valence-electron chi connectivity index (χ2n) is 7.32. The number of rotatable bonds is 9. The molecule has 2 rings (SSSR count). The molecule has 0 aromatic carbocycles. The lowest BCUT2D eigenvalue weighted by Gasteiger charge is -2.27. The van der Waals surface area contributed by atoms with Crippen molar-refractivity contribution >= 4 is 53.7 Å². The fraction of sp³-hybridized carbons (Fsp3) is 0.706. The molecule has 0 saturated carbocycles. The molecule has 5 atom stereocenters. The molecule has 1 saturated heterocycles. The van der Waals surface area contributed by atoms with Crippen molar-refractivity contribution in [2.45, 2.75) is 55.5 Å². The van der Waals surface area contributed by atoms with E-state index in [1.54, 1.807) is 5.41 Å². The lowest BCUT2D eigenvalue weighted by Crippen LogP contribution is -2.53. The average molecular weight is 451 g/mol. The van der Waals surface area contributed by atoms with Gasteiger partial charge >= 0.3 is 0 Å². The molecule has 0 radical (unpaired) electrons. The average Bonchev–Trinajstić information content (AvgIpc) is 3.21. The van der Waals surface area contributed by atoms with E-state index in [9.17, 15) is 19.5 Å². The Balaban J connectivity index is 2.01. The predicted octanol–water partition coefficient (Wildman–Crippen LogP) is 0.477. The normalized spacial score (nSPS) is 24.8. The van der Waals surface area contributed by atoms with Gasteiger partial charge < -0.3 is 26.4 Å². The molecule has 1 unspecified atom stereocenters. The molecule has 0 spiro atoms. The molecule has 8 nitrogen and oxygen atoms in total. The zero-order valence-electron chi connectivity index (χ0n) is 15.8. The first-order valence-corrected chi connectivity index (χ1v) is 11.1. The monoisotopic (exact) mass is 450 g/mol. The fourth-order valence-electron chi connectivity index (χ4n) is 3.09. The van der Waals surface area contributed by atoms with Crippen molar-refractivity contribution < 1.29 is 19.5 Å². The Bertz CT molecular complexity index is 632. The zero-order chi connectivity index (χ0) is 20.8. The Morgan fingerprint density at radius 3 is 2.64 bits per heavy atom. The molecule has 5 N–H and O–H groups in total. The van der Waals surface area contributed by atoms with Gasteiger partial charge in [0.25, 0.3) is 5.91 Å². The highest BCUT2D eigenvalue weighted by atomic mass is 35.5. The van der Waals surface area contributed by atoms with Crippen LogP contribution < -0.4 is 21.3 Å². The highest BCUT2D eigenvalue weighted by molar-refractivity contribution is 8.04. The minimum Gasteiger partial charge on any atom is -0.381 e. The molecule has 0 aromatic rings. The van der Waals surface area contributed by atoms with Crippen molar-refractivity contribution in [3.8, 4) is 0 Å². The second kappa shape index (κ2) is 10.6. The van der Waals surface area contributed by atoms with E-state index in [1.807, 2.05) is 13.8 Å². The Hall–Kier alpha value is -1.10. The lowest BCUT2D eigenvalue weighted by atomic mass is 9.97. The third kappa shape index (κ3) is 6.75. The quantitative estimate of drug-likeness (QED) is 0.131. The molecule has 28 heavy (non-hydrogen) atoms. The van der Waals surface area contributed by atoms with Crippen molar-refractivity contribution in [1.82, 2.24) is 21.3 Å². The summed E-state index contributed by atoms with van der Waals surface area (Å²) in [5, 5.41) is 22.6. The largest absolute Gasteiger partial charge is 0.381 e. The number of hydrogen-bond donors (Lipinski definition) is 6. The van der Waals surface area contributed by atoms with E-state index in [-0.39, 0.29) is 24.2 Å².